The fourth-order valence-electron chi connectivity index (χ4n) is 3.22. The van der Waals surface area contributed by atoms with E-state index in [0.717, 1.165) is 5.69 Å². The first-order valence-electron chi connectivity index (χ1n) is 8.23. The van der Waals surface area contributed by atoms with E-state index in [2.05, 4.69) is 10.4 Å². The average molecular weight is 340 g/mol. The lowest BCUT2D eigenvalue weighted by molar-refractivity contribution is -0.138. The summed E-state index contributed by atoms with van der Waals surface area (Å²) in [6.45, 7) is 4.56. The molecule has 1 fully saturated rings. The van der Waals surface area contributed by atoms with Gasteiger partial charge >= 0.3 is 0 Å². The van der Waals surface area contributed by atoms with Gasteiger partial charge in [0.2, 0.25) is 11.8 Å². The first kappa shape index (κ1) is 16.9. The largest absolute Gasteiger partial charge is 0.351 e. The fraction of sp³-hybridized carbons (Fsp3) is 0.688. The van der Waals surface area contributed by atoms with E-state index in [1.54, 1.807) is 21.8 Å². The van der Waals surface area contributed by atoms with Gasteiger partial charge in [0.1, 0.15) is 6.04 Å². The third-order valence-corrected chi connectivity index (χ3v) is 4.47. The summed E-state index contributed by atoms with van der Waals surface area (Å²) < 4.78 is 27.5. The molecule has 0 spiro atoms. The summed E-state index contributed by atoms with van der Waals surface area (Å²) in [4.78, 5) is 26.5. The van der Waals surface area contributed by atoms with Gasteiger partial charge in [-0.2, -0.15) is 5.10 Å². The number of carbonyl (C=O) groups is 2. The summed E-state index contributed by atoms with van der Waals surface area (Å²) in [7, 11) is 0. The van der Waals surface area contributed by atoms with Gasteiger partial charge in [-0.05, 0) is 12.0 Å². The third-order valence-electron chi connectivity index (χ3n) is 4.47. The van der Waals surface area contributed by atoms with Gasteiger partial charge in [-0.25, -0.2) is 8.78 Å². The van der Waals surface area contributed by atoms with Crippen LogP contribution in [0.5, 0.6) is 0 Å². The Balaban J connectivity index is 1.70. The van der Waals surface area contributed by atoms with Gasteiger partial charge in [-0.1, -0.05) is 13.8 Å². The van der Waals surface area contributed by atoms with Gasteiger partial charge < -0.3 is 10.2 Å². The van der Waals surface area contributed by atoms with Crippen molar-refractivity contribution in [2.45, 2.75) is 57.7 Å². The van der Waals surface area contributed by atoms with Crippen molar-refractivity contribution < 1.29 is 18.4 Å². The van der Waals surface area contributed by atoms with Crippen molar-refractivity contribution in [3.8, 4) is 0 Å². The van der Waals surface area contributed by atoms with Crippen molar-refractivity contribution in [2.75, 3.05) is 6.54 Å². The zero-order chi connectivity index (χ0) is 17.5. The Kier molecular flexibility index (Phi) is 4.31. The monoisotopic (exact) mass is 340 g/mol. The molecular weight excluding hydrogens is 318 g/mol. The molecule has 2 aliphatic rings. The molecular formula is C16H22F2N4O2. The first-order chi connectivity index (χ1) is 11.2. The number of nitrogens with one attached hydrogen (secondary N) is 1. The van der Waals surface area contributed by atoms with Crippen molar-refractivity contribution in [1.82, 2.24) is 20.0 Å². The summed E-state index contributed by atoms with van der Waals surface area (Å²) in [5, 5.41) is 6.82. The van der Waals surface area contributed by atoms with Crippen LogP contribution in [0.3, 0.4) is 0 Å². The Morgan fingerprint density at radius 3 is 2.75 bits per heavy atom. The molecule has 3 rings (SSSR count). The minimum absolute atomic E-state index is 0.00886. The van der Waals surface area contributed by atoms with Gasteiger partial charge in [-0.15, -0.1) is 0 Å². The average Bonchev–Trinajstić information content (AvgIpc) is 2.91. The maximum Gasteiger partial charge on any atom is 0.252 e. The molecule has 6 nitrogen and oxygen atoms in total. The predicted molar refractivity (Wildman–Crippen MR) is 82.2 cm³/mol. The van der Waals surface area contributed by atoms with Gasteiger partial charge in [0.25, 0.3) is 5.92 Å². The summed E-state index contributed by atoms with van der Waals surface area (Å²) in [6.07, 6.45) is 1.35. The molecule has 0 radical (unpaired) electrons. The second-order valence-corrected chi connectivity index (χ2v) is 7.12. The van der Waals surface area contributed by atoms with E-state index in [-0.39, 0.29) is 37.1 Å². The molecule has 1 aromatic heterocycles. The van der Waals surface area contributed by atoms with Crippen LogP contribution >= 0.6 is 0 Å². The van der Waals surface area contributed by atoms with E-state index in [1.807, 2.05) is 13.8 Å². The molecule has 0 aromatic carbocycles. The van der Waals surface area contributed by atoms with Crippen molar-refractivity contribution in [2.24, 2.45) is 5.92 Å². The predicted octanol–water partition coefficient (Wildman–Crippen LogP) is 1.73. The topological polar surface area (TPSA) is 67.2 Å². The molecule has 1 saturated carbocycles. The number of nitrogens with zero attached hydrogens (tertiary/aromatic N) is 3. The summed E-state index contributed by atoms with van der Waals surface area (Å²) >= 11 is 0. The van der Waals surface area contributed by atoms with Gasteiger partial charge in [0.15, 0.2) is 0 Å². The summed E-state index contributed by atoms with van der Waals surface area (Å²) in [6, 6.07) is 0.592. The highest BCUT2D eigenvalue weighted by atomic mass is 19.3. The van der Waals surface area contributed by atoms with Gasteiger partial charge in [0, 0.05) is 31.5 Å². The van der Waals surface area contributed by atoms with Gasteiger partial charge in [-0.3, -0.25) is 14.3 Å². The Morgan fingerprint density at radius 1 is 1.42 bits per heavy atom. The third kappa shape index (κ3) is 3.42. The van der Waals surface area contributed by atoms with Crippen molar-refractivity contribution in [3.63, 3.8) is 0 Å². The van der Waals surface area contributed by atoms with Crippen LogP contribution in [0.4, 0.5) is 8.78 Å². The van der Waals surface area contributed by atoms with E-state index in [1.165, 1.54) is 0 Å². The second-order valence-electron chi connectivity index (χ2n) is 7.12. The number of hydrogen-bond acceptors (Lipinski definition) is 3. The Hall–Kier alpha value is -1.99. The zero-order valence-corrected chi connectivity index (χ0v) is 13.8. The number of hydrogen-bond donors (Lipinski definition) is 1. The zero-order valence-electron chi connectivity index (χ0n) is 13.8. The van der Waals surface area contributed by atoms with Crippen molar-refractivity contribution in [1.29, 1.82) is 0 Å². The molecule has 8 heteroatoms. The fourth-order valence-corrected chi connectivity index (χ4v) is 3.22. The van der Waals surface area contributed by atoms with E-state index in [0.29, 0.717) is 13.0 Å². The summed E-state index contributed by atoms with van der Waals surface area (Å²) in [5.41, 5.74) is 0.775. The van der Waals surface area contributed by atoms with Crippen molar-refractivity contribution in [3.05, 3.63) is 18.0 Å². The van der Waals surface area contributed by atoms with Crippen LogP contribution in [-0.4, -0.2) is 45.0 Å². The number of rotatable bonds is 4. The Bertz CT molecular complexity index is 636. The SMILES string of the molecule is CC(C)CC(=O)N1Cc2ccnn2[C@@H](C(=O)NC2CC(F)(F)C2)C1. The molecule has 1 atom stereocenters. The van der Waals surface area contributed by atoms with Crippen LogP contribution in [0.1, 0.15) is 44.8 Å². The highest BCUT2D eigenvalue weighted by Gasteiger charge is 2.47. The van der Waals surface area contributed by atoms with E-state index in [9.17, 15) is 18.4 Å². The van der Waals surface area contributed by atoms with Crippen LogP contribution in [0.2, 0.25) is 0 Å². The number of halogens is 2. The Labute approximate surface area is 139 Å². The van der Waals surface area contributed by atoms with Gasteiger partial charge in [0.05, 0.1) is 18.8 Å². The lowest BCUT2D eigenvalue weighted by atomic mass is 9.88. The molecule has 1 aromatic rings. The lowest BCUT2D eigenvalue weighted by Crippen LogP contribution is -2.54. The van der Waals surface area contributed by atoms with E-state index < -0.39 is 18.0 Å². The molecule has 0 saturated heterocycles. The van der Waals surface area contributed by atoms with Crippen LogP contribution in [0.15, 0.2) is 12.3 Å². The van der Waals surface area contributed by atoms with Crippen LogP contribution < -0.4 is 5.32 Å². The minimum Gasteiger partial charge on any atom is -0.351 e. The molecule has 24 heavy (non-hydrogen) atoms. The molecule has 2 heterocycles. The normalized spacial score (nSPS) is 22.9. The maximum atomic E-state index is 12.9. The molecule has 0 bridgehead atoms. The Morgan fingerprint density at radius 2 is 2.12 bits per heavy atom. The molecule has 0 unspecified atom stereocenters. The first-order valence-corrected chi connectivity index (χ1v) is 8.23. The summed E-state index contributed by atoms with van der Waals surface area (Å²) in [5.74, 6) is -2.82. The van der Waals surface area contributed by atoms with Crippen LogP contribution in [0, 0.1) is 5.92 Å². The molecule has 2 amide bonds. The molecule has 1 aliphatic heterocycles. The van der Waals surface area contributed by atoms with Crippen molar-refractivity contribution >= 4 is 11.8 Å². The second kappa shape index (κ2) is 6.14. The number of alkyl halides is 2. The van der Waals surface area contributed by atoms with Crippen LogP contribution in [-0.2, 0) is 16.1 Å². The van der Waals surface area contributed by atoms with Crippen LogP contribution in [0.25, 0.3) is 0 Å². The van der Waals surface area contributed by atoms with E-state index in [4.69, 9.17) is 0 Å². The lowest BCUT2D eigenvalue weighted by Gasteiger charge is -2.38. The highest BCUT2D eigenvalue weighted by Crippen LogP contribution is 2.37. The number of amides is 2. The number of fused-ring (bicyclic) bond motifs is 1. The minimum atomic E-state index is -2.68. The highest BCUT2D eigenvalue weighted by molar-refractivity contribution is 5.83. The standard InChI is InChI=1S/C16H22F2N4O2/c1-10(2)5-14(23)21-8-12-3-4-19-22(12)13(9-21)15(24)20-11-6-16(17,18)7-11/h3-4,10-11,13H,5-9H2,1-2H3,(H,20,24)/t13-/m1/s1. The molecule has 1 N–H and O–H groups in total. The molecule has 1 aliphatic carbocycles. The maximum absolute atomic E-state index is 12.9. The van der Waals surface area contributed by atoms with E-state index >= 15 is 0 Å². The number of carbonyl (C=O) groups excluding carboxylic acids is 2. The molecule has 132 valence electrons. The quantitative estimate of drug-likeness (QED) is 0.908. The number of aromatic nitrogens is 2. The smallest absolute Gasteiger partial charge is 0.252 e.